The van der Waals surface area contributed by atoms with Crippen molar-refractivity contribution in [3.8, 4) is 28.7 Å². The van der Waals surface area contributed by atoms with Crippen LogP contribution in [-0.4, -0.2) is 119 Å². The highest BCUT2D eigenvalue weighted by Gasteiger charge is 2.35. The van der Waals surface area contributed by atoms with E-state index in [4.69, 9.17) is 23.7 Å². The number of amides is 5. The van der Waals surface area contributed by atoms with Crippen LogP contribution in [0.25, 0.3) is 11.1 Å². The van der Waals surface area contributed by atoms with Crippen molar-refractivity contribution < 1.29 is 57.1 Å². The Kier molecular flexibility index (Phi) is 17.4. The number of hydrogen-bond acceptors (Lipinski definition) is 12. The second-order valence-electron chi connectivity index (χ2n) is 20.7. The summed E-state index contributed by atoms with van der Waals surface area (Å²) in [5.41, 5.74) is 7.17. The molecule has 3 N–H and O–H groups in total. The Morgan fingerprint density at radius 3 is 1.68 bits per heavy atom. The van der Waals surface area contributed by atoms with Gasteiger partial charge in [0.05, 0.1) is 58.8 Å². The molecule has 4 aromatic rings. The maximum atomic E-state index is 13.7. The molecule has 0 spiro atoms. The first kappa shape index (κ1) is 55.9. The van der Waals surface area contributed by atoms with E-state index in [0.717, 1.165) is 37.5 Å². The number of nitrogens with one attached hydrogen (secondary N) is 3. The number of nitrogens with zero attached hydrogens (tertiary/aromatic N) is 5. The first-order valence-corrected chi connectivity index (χ1v) is 27.1. The third kappa shape index (κ3) is 12.5. The number of imide groups is 1. The molecule has 5 heterocycles. The van der Waals surface area contributed by atoms with Crippen LogP contribution in [0.15, 0.2) is 109 Å². The van der Waals surface area contributed by atoms with E-state index in [0.29, 0.717) is 110 Å². The van der Waals surface area contributed by atoms with Gasteiger partial charge in [-0.15, -0.1) is 0 Å². The minimum Gasteiger partial charge on any atom is -0.618 e. The summed E-state index contributed by atoms with van der Waals surface area (Å²) in [7, 11) is 4.75. The van der Waals surface area contributed by atoms with Crippen LogP contribution >= 0.6 is 0 Å². The lowest BCUT2D eigenvalue weighted by atomic mass is 9.87. The minimum atomic E-state index is -0.915. The standard InChI is InChI=1S/C60H68N8O12/c1-37(2)56(63-53(69)11-8-7-9-26-66-54(70)24-25-55(66)71)60(73)61-38(3)59(72)62-45-18-12-39(13-19-45)41-16-22-47-43(29-41)31-64-35-51(57(77-5)49(64)33-67(47)74)79-27-10-28-80-52-36-65-32-44-30-42(40-14-20-46(76-4)21-15-40)17-23-48(44)68(75)34-50(65)58(52)78-6/h12-25,33-38,43-44,56H,7-11,26-32H2,1-6H3,(H,61,73)(H,62,72)(H,63,69). The Morgan fingerprint density at radius 2 is 1.18 bits per heavy atom. The molecule has 2 aromatic heterocycles. The largest absolute Gasteiger partial charge is 0.618 e. The number of benzene rings is 2. The van der Waals surface area contributed by atoms with E-state index in [2.05, 4.69) is 16.0 Å². The van der Waals surface area contributed by atoms with Crippen LogP contribution in [0.4, 0.5) is 5.69 Å². The van der Waals surface area contributed by atoms with E-state index in [-0.39, 0.29) is 55.0 Å². The number of hydrogen-bond donors (Lipinski definition) is 3. The van der Waals surface area contributed by atoms with Gasteiger partial charge in [-0.1, -0.05) is 56.7 Å². The van der Waals surface area contributed by atoms with Gasteiger partial charge in [-0.3, -0.25) is 28.9 Å². The summed E-state index contributed by atoms with van der Waals surface area (Å²) in [4.78, 5) is 64.1. The zero-order chi connectivity index (χ0) is 56.6. The number of allylic oxidation sites excluding steroid dienone is 8. The van der Waals surface area contributed by atoms with Crippen LogP contribution < -0.4 is 39.6 Å². The average molecular weight is 1090 g/mol. The fourth-order valence-corrected chi connectivity index (χ4v) is 10.6. The number of fused-ring (bicyclic) bond motifs is 4. The zero-order valence-electron chi connectivity index (χ0n) is 45.9. The highest BCUT2D eigenvalue weighted by Crippen LogP contribution is 2.41. The molecule has 20 nitrogen and oxygen atoms in total. The van der Waals surface area contributed by atoms with Gasteiger partial charge >= 0.3 is 0 Å². The molecular weight excluding hydrogens is 1020 g/mol. The van der Waals surface area contributed by atoms with Crippen molar-refractivity contribution in [2.75, 3.05) is 46.4 Å². The lowest BCUT2D eigenvalue weighted by molar-refractivity contribution is -0.404. The SMILES string of the molecule is COc1ccc(C2=CC=C3C(C2)Cn2cc(OCCCOc4cn5c(c4OC)C=[N+]([O-])C4=CC=C(c6ccc(NC(=O)C(C)NC(=O)C(NC(=O)CCCCCN7C(=O)C=CC7=O)C(C)C)cc6)CC4C5)c(OC)c2C=[N+]3[O-])cc1. The van der Waals surface area contributed by atoms with Gasteiger partial charge in [-0.05, 0) is 85.1 Å². The molecule has 5 aliphatic rings. The summed E-state index contributed by atoms with van der Waals surface area (Å²) in [6.07, 6.45) is 20.6. The predicted molar refractivity (Wildman–Crippen MR) is 300 cm³/mol. The molecule has 0 saturated heterocycles. The van der Waals surface area contributed by atoms with Gasteiger partial charge in [0.25, 0.3) is 11.8 Å². The highest BCUT2D eigenvalue weighted by molar-refractivity contribution is 6.12. The molecule has 9 rings (SSSR count). The molecule has 2 aromatic carbocycles. The third-order valence-electron chi connectivity index (χ3n) is 15.0. The number of hydroxylamine groups is 2. The molecule has 4 atom stereocenters. The van der Waals surface area contributed by atoms with E-state index in [1.54, 1.807) is 60.4 Å². The zero-order valence-corrected chi connectivity index (χ0v) is 45.9. The first-order chi connectivity index (χ1) is 38.6. The molecule has 0 radical (unpaired) electrons. The van der Waals surface area contributed by atoms with Gasteiger partial charge in [0.1, 0.15) is 17.8 Å². The third-order valence-corrected chi connectivity index (χ3v) is 15.0. The number of methoxy groups -OCH3 is 3. The Morgan fingerprint density at radius 1 is 0.650 bits per heavy atom. The molecule has 420 valence electrons. The van der Waals surface area contributed by atoms with Gasteiger partial charge in [0.2, 0.25) is 30.2 Å². The Bertz CT molecular complexity index is 3230. The maximum absolute atomic E-state index is 13.7. The van der Waals surface area contributed by atoms with E-state index in [9.17, 15) is 34.4 Å². The van der Waals surface area contributed by atoms with Crippen LogP contribution in [0, 0.1) is 28.2 Å². The smallest absolute Gasteiger partial charge is 0.253 e. The monoisotopic (exact) mass is 1090 g/mol. The van der Waals surface area contributed by atoms with E-state index < -0.39 is 23.9 Å². The van der Waals surface area contributed by atoms with Crippen molar-refractivity contribution in [1.82, 2.24) is 24.7 Å². The predicted octanol–water partition coefficient (Wildman–Crippen LogP) is 7.09. The highest BCUT2D eigenvalue weighted by atomic mass is 16.5. The van der Waals surface area contributed by atoms with Crippen molar-refractivity contribution in [3.63, 3.8) is 0 Å². The molecular formula is C60H68N8O12. The van der Waals surface area contributed by atoms with Gasteiger partial charge < -0.3 is 59.2 Å². The van der Waals surface area contributed by atoms with Gasteiger partial charge in [-0.25, -0.2) is 0 Å². The van der Waals surface area contributed by atoms with E-state index in [1.165, 1.54) is 23.3 Å². The van der Waals surface area contributed by atoms with Crippen molar-refractivity contribution in [3.05, 3.63) is 142 Å². The second-order valence-corrected chi connectivity index (χ2v) is 20.7. The summed E-state index contributed by atoms with van der Waals surface area (Å²) < 4.78 is 35.3. The van der Waals surface area contributed by atoms with Crippen LogP contribution in [0.3, 0.4) is 0 Å². The molecule has 2 aliphatic carbocycles. The molecule has 0 saturated carbocycles. The van der Waals surface area contributed by atoms with Crippen LogP contribution in [-0.2, 0) is 37.1 Å². The van der Waals surface area contributed by atoms with Crippen LogP contribution in [0.1, 0.15) is 88.2 Å². The number of ether oxygens (including phenoxy) is 5. The van der Waals surface area contributed by atoms with Gasteiger partial charge in [-0.2, -0.15) is 9.48 Å². The quantitative estimate of drug-likeness (QED) is 0.0292. The molecule has 3 aliphatic heterocycles. The lowest BCUT2D eigenvalue weighted by Gasteiger charge is -2.24. The van der Waals surface area contributed by atoms with Crippen molar-refractivity contribution in [2.24, 2.45) is 17.8 Å². The second kappa shape index (κ2) is 24.9. The first-order valence-electron chi connectivity index (χ1n) is 27.1. The summed E-state index contributed by atoms with van der Waals surface area (Å²) in [5.74, 6) is 0.325. The molecule has 0 fully saturated rings. The topological polar surface area (TPSA) is 233 Å². The number of aromatic nitrogens is 2. The van der Waals surface area contributed by atoms with Crippen molar-refractivity contribution in [2.45, 2.75) is 90.9 Å². The average Bonchev–Trinajstić information content (AvgIpc) is 4.01. The van der Waals surface area contributed by atoms with Gasteiger partial charge in [0.15, 0.2) is 45.8 Å². The van der Waals surface area contributed by atoms with Gasteiger partial charge in [0, 0.05) is 62.5 Å². The Hall–Kier alpha value is -8.81. The van der Waals surface area contributed by atoms with Crippen molar-refractivity contribution in [1.29, 1.82) is 0 Å². The molecule has 0 bridgehead atoms. The summed E-state index contributed by atoms with van der Waals surface area (Å²) in [5, 5.41) is 35.5. The fraction of sp³-hybridized carbons (Fsp3) is 0.383. The van der Waals surface area contributed by atoms with Crippen LogP contribution in [0.5, 0.6) is 28.7 Å². The molecule has 4 unspecified atom stereocenters. The number of carbonyl (C=O) groups excluding carboxylic acids is 5. The summed E-state index contributed by atoms with van der Waals surface area (Å²) in [6, 6.07) is 13.5. The number of carbonyl (C=O) groups is 5. The lowest BCUT2D eigenvalue weighted by Crippen LogP contribution is -2.53. The number of anilines is 1. The fourth-order valence-electron chi connectivity index (χ4n) is 10.6. The molecule has 20 heteroatoms. The maximum Gasteiger partial charge on any atom is 0.253 e. The minimum absolute atomic E-state index is 0.0655. The Labute approximate surface area is 464 Å². The number of rotatable bonds is 23. The van der Waals surface area contributed by atoms with E-state index >= 15 is 0 Å². The molecule has 80 heavy (non-hydrogen) atoms. The van der Waals surface area contributed by atoms with E-state index in [1.807, 2.05) is 82.2 Å². The normalized spacial score (nSPS) is 18.0. The van der Waals surface area contributed by atoms with Crippen molar-refractivity contribution >= 4 is 58.8 Å². The Balaban J connectivity index is 0.742. The summed E-state index contributed by atoms with van der Waals surface area (Å²) >= 11 is 0. The number of unbranched alkanes of at least 4 members (excludes halogenated alkanes) is 2. The van der Waals surface area contributed by atoms with Crippen LogP contribution in [0.2, 0.25) is 0 Å². The summed E-state index contributed by atoms with van der Waals surface area (Å²) in [6.45, 7) is 7.10. The molecule has 5 amide bonds.